The van der Waals surface area contributed by atoms with Crippen LogP contribution in [-0.4, -0.2) is 23.1 Å². The summed E-state index contributed by atoms with van der Waals surface area (Å²) in [6.07, 6.45) is 6.37. The third kappa shape index (κ3) is 4.73. The van der Waals surface area contributed by atoms with Gasteiger partial charge in [-0.2, -0.15) is 19.8 Å². The van der Waals surface area contributed by atoms with Crippen molar-refractivity contribution in [2.24, 2.45) is 5.92 Å². The Morgan fingerprint density at radius 3 is 2.33 bits per heavy atom. The molecule has 0 bridgehead atoms. The van der Waals surface area contributed by atoms with Crippen molar-refractivity contribution in [3.05, 3.63) is 17.6 Å². The summed E-state index contributed by atoms with van der Waals surface area (Å²) >= 11 is 0. The Morgan fingerprint density at radius 1 is 1.42 bits per heavy atom. The molecular weight excluding hydrogens is 180 g/mol. The van der Waals surface area contributed by atoms with Gasteiger partial charge in [-0.05, 0) is 13.3 Å². The van der Waals surface area contributed by atoms with Gasteiger partial charge < -0.3 is 18.3 Å². The fraction of sp³-hybridized carbons (Fsp3) is 0.700. The van der Waals surface area contributed by atoms with Crippen molar-refractivity contribution >= 4 is 23.1 Å². The molecule has 1 atom stereocenters. The van der Waals surface area contributed by atoms with Crippen LogP contribution in [0.1, 0.15) is 40.0 Å². The molecule has 0 N–H and O–H groups in total. The molecular formula is C10H17ClMg. The molecule has 0 nitrogen and oxygen atoms in total. The van der Waals surface area contributed by atoms with Crippen LogP contribution in [0, 0.1) is 11.8 Å². The van der Waals surface area contributed by atoms with Crippen LogP contribution in [0.2, 0.25) is 0 Å². The Labute approximate surface area is 98.8 Å². The van der Waals surface area contributed by atoms with Crippen LogP contribution in [0.4, 0.5) is 0 Å². The smallest absolute Gasteiger partial charge is 1.00 e. The minimum Gasteiger partial charge on any atom is -1.00 e. The molecule has 0 aromatic heterocycles. The minimum atomic E-state index is 0. The summed E-state index contributed by atoms with van der Waals surface area (Å²) in [5.41, 5.74) is 1.58. The van der Waals surface area contributed by atoms with Crippen LogP contribution in [0.5, 0.6) is 0 Å². The van der Waals surface area contributed by atoms with E-state index in [0.29, 0.717) is 0 Å². The van der Waals surface area contributed by atoms with E-state index < -0.39 is 0 Å². The van der Waals surface area contributed by atoms with Crippen molar-refractivity contribution < 1.29 is 12.4 Å². The molecule has 0 aliphatic heterocycles. The molecule has 66 valence electrons. The molecule has 0 heterocycles. The molecule has 0 fully saturated rings. The van der Waals surface area contributed by atoms with Gasteiger partial charge in [0.15, 0.2) is 0 Å². The van der Waals surface area contributed by atoms with Gasteiger partial charge in [0.25, 0.3) is 0 Å². The maximum absolute atomic E-state index is 2.39. The number of hydrogen-bond donors (Lipinski definition) is 0. The molecule has 0 amide bonds. The first-order chi connectivity index (χ1) is 4.70. The van der Waals surface area contributed by atoms with Gasteiger partial charge in [-0.1, -0.05) is 24.5 Å². The first kappa shape index (κ1) is 15.3. The molecule has 0 saturated carbocycles. The normalized spacial score (nSPS) is 22.3. The van der Waals surface area contributed by atoms with Gasteiger partial charge in [-0.25, -0.2) is 0 Å². The van der Waals surface area contributed by atoms with E-state index in [4.69, 9.17) is 0 Å². The molecule has 1 aliphatic carbocycles. The fourth-order valence-electron chi connectivity index (χ4n) is 1.49. The summed E-state index contributed by atoms with van der Waals surface area (Å²) in [7, 11) is 0. The average Bonchev–Trinajstić information content (AvgIpc) is 1.88. The van der Waals surface area contributed by atoms with Crippen LogP contribution < -0.4 is 12.4 Å². The largest absolute Gasteiger partial charge is 2.00 e. The Bertz CT molecular complexity index is 141. The molecule has 1 rings (SSSR count). The van der Waals surface area contributed by atoms with E-state index in [9.17, 15) is 0 Å². The van der Waals surface area contributed by atoms with Crippen molar-refractivity contribution in [3.8, 4) is 0 Å². The first-order valence-corrected chi connectivity index (χ1v) is 4.16. The van der Waals surface area contributed by atoms with Crippen LogP contribution >= 0.6 is 0 Å². The van der Waals surface area contributed by atoms with Crippen LogP contribution in [-0.2, 0) is 0 Å². The van der Waals surface area contributed by atoms with E-state index in [1.165, 1.54) is 19.3 Å². The van der Waals surface area contributed by atoms with E-state index in [1.54, 1.807) is 11.5 Å². The molecule has 2 heteroatoms. The van der Waals surface area contributed by atoms with Crippen LogP contribution in [0.3, 0.4) is 0 Å². The second-order valence-electron chi connectivity index (χ2n) is 3.60. The third-order valence-corrected chi connectivity index (χ3v) is 2.45. The van der Waals surface area contributed by atoms with Gasteiger partial charge >= 0.3 is 23.1 Å². The zero-order valence-electron chi connectivity index (χ0n) is 8.36. The Hall–Kier alpha value is 0.796. The zero-order valence-corrected chi connectivity index (χ0v) is 10.5. The zero-order chi connectivity index (χ0) is 7.56. The van der Waals surface area contributed by atoms with Crippen molar-refractivity contribution in [1.82, 2.24) is 0 Å². The number of hydrogen-bond acceptors (Lipinski definition) is 0. The number of rotatable bonds is 1. The van der Waals surface area contributed by atoms with E-state index >= 15 is 0 Å². The first-order valence-electron chi connectivity index (χ1n) is 4.16. The predicted octanol–water partition coefficient (Wildman–Crippen LogP) is -0.0297. The Balaban J connectivity index is 0. The molecule has 0 spiro atoms. The summed E-state index contributed by atoms with van der Waals surface area (Å²) in [6.45, 7) is 6.74. The van der Waals surface area contributed by atoms with Crippen molar-refractivity contribution in [2.45, 2.75) is 40.0 Å². The molecule has 1 unspecified atom stereocenters. The molecule has 0 saturated heterocycles. The summed E-state index contributed by atoms with van der Waals surface area (Å²) in [5.74, 6) is 2.48. The Kier molecular flexibility index (Phi) is 9.20. The average molecular weight is 197 g/mol. The standard InChI is InChI=1S/C10H17.ClH.Mg/c1-8(2)10-6-4-9(3)5-7-10;;/h4,10H,5-7H2,1-3H3;1H;/q-1;;+2/p-1. The second-order valence-corrected chi connectivity index (χ2v) is 3.60. The second kappa shape index (κ2) is 7.22. The Morgan fingerprint density at radius 2 is 2.00 bits per heavy atom. The van der Waals surface area contributed by atoms with Gasteiger partial charge in [0.2, 0.25) is 0 Å². The summed E-state index contributed by atoms with van der Waals surface area (Å²) < 4.78 is 0. The fourth-order valence-corrected chi connectivity index (χ4v) is 1.49. The van der Waals surface area contributed by atoms with Crippen molar-refractivity contribution in [2.75, 3.05) is 0 Å². The number of halogens is 1. The van der Waals surface area contributed by atoms with Gasteiger partial charge in [0.1, 0.15) is 0 Å². The van der Waals surface area contributed by atoms with Gasteiger partial charge in [0.05, 0.1) is 0 Å². The van der Waals surface area contributed by atoms with E-state index in [-0.39, 0.29) is 35.5 Å². The minimum absolute atomic E-state index is 0. The molecule has 0 aromatic carbocycles. The summed E-state index contributed by atoms with van der Waals surface area (Å²) in [5, 5.41) is 0. The summed E-state index contributed by atoms with van der Waals surface area (Å²) in [6, 6.07) is 0. The van der Waals surface area contributed by atoms with E-state index in [1.807, 2.05) is 0 Å². The monoisotopic (exact) mass is 196 g/mol. The summed E-state index contributed by atoms with van der Waals surface area (Å²) in [4.78, 5) is 0. The SMILES string of the molecule is CC1=CCC([C-](C)C)CC1.[Cl-].[Mg+2]. The number of allylic oxidation sites excluding steroid dienone is 2. The van der Waals surface area contributed by atoms with Crippen LogP contribution in [0.15, 0.2) is 11.6 Å². The topological polar surface area (TPSA) is 0 Å². The van der Waals surface area contributed by atoms with E-state index in [0.717, 1.165) is 5.92 Å². The van der Waals surface area contributed by atoms with E-state index in [2.05, 4.69) is 26.8 Å². The molecule has 0 radical (unpaired) electrons. The predicted molar refractivity (Wildman–Crippen MR) is 51.4 cm³/mol. The van der Waals surface area contributed by atoms with Gasteiger partial charge in [0, 0.05) is 0 Å². The molecule has 0 aromatic rings. The maximum Gasteiger partial charge on any atom is 2.00 e. The van der Waals surface area contributed by atoms with Crippen molar-refractivity contribution in [3.63, 3.8) is 0 Å². The molecule has 1 aliphatic rings. The van der Waals surface area contributed by atoms with Crippen molar-refractivity contribution in [1.29, 1.82) is 0 Å². The molecule has 12 heavy (non-hydrogen) atoms. The maximum atomic E-state index is 2.39. The quantitative estimate of drug-likeness (QED) is 0.314. The van der Waals surface area contributed by atoms with Gasteiger partial charge in [-0.15, -0.1) is 0 Å². The van der Waals surface area contributed by atoms with Crippen LogP contribution in [0.25, 0.3) is 0 Å². The third-order valence-electron chi connectivity index (χ3n) is 2.45. The van der Waals surface area contributed by atoms with Gasteiger partial charge in [-0.3, -0.25) is 0 Å².